The number of anilines is 1. The largest absolute Gasteiger partial charge is 0.457 e. The normalized spacial score (nSPS) is 15.7. The average Bonchev–Trinajstić information content (AvgIpc) is 2.64. The van der Waals surface area contributed by atoms with Gasteiger partial charge in [0.25, 0.3) is 5.91 Å². The third kappa shape index (κ3) is 3.30. The van der Waals surface area contributed by atoms with Gasteiger partial charge in [-0.25, -0.2) is 0 Å². The van der Waals surface area contributed by atoms with Gasteiger partial charge in [-0.05, 0) is 54.1 Å². The van der Waals surface area contributed by atoms with Crippen molar-refractivity contribution in [3.05, 3.63) is 88.9 Å². The first-order valence-electron chi connectivity index (χ1n) is 7.89. The van der Waals surface area contributed by atoms with Crippen molar-refractivity contribution in [3.8, 4) is 11.5 Å². The number of benzene rings is 3. The summed E-state index contributed by atoms with van der Waals surface area (Å²) < 4.78 is 5.86. The molecule has 1 aliphatic heterocycles. The average molecular weight is 351 g/mol. The Labute approximate surface area is 150 Å². The third-order valence-electron chi connectivity index (χ3n) is 3.99. The number of ether oxygens (including phenoxy) is 1. The number of carbonyl (C=O) groups excluding carboxylic acids is 1. The highest BCUT2D eigenvalue weighted by molar-refractivity contribution is 6.30. The summed E-state index contributed by atoms with van der Waals surface area (Å²) in [7, 11) is 0. The lowest BCUT2D eigenvalue weighted by Crippen LogP contribution is -2.38. The summed E-state index contributed by atoms with van der Waals surface area (Å²) in [5, 5.41) is 6.96. The first-order valence-corrected chi connectivity index (χ1v) is 8.27. The van der Waals surface area contributed by atoms with Crippen molar-refractivity contribution < 1.29 is 9.53 Å². The fourth-order valence-electron chi connectivity index (χ4n) is 2.77. The number of hydrogen-bond acceptors (Lipinski definition) is 3. The Balaban J connectivity index is 1.58. The van der Waals surface area contributed by atoms with Crippen LogP contribution in [0.15, 0.2) is 72.8 Å². The Hall–Kier alpha value is -2.98. The molecule has 0 aromatic heterocycles. The molecular formula is C20H15ClN2O2. The maximum absolute atomic E-state index is 12.3. The van der Waals surface area contributed by atoms with E-state index in [4.69, 9.17) is 16.3 Å². The fraction of sp³-hybridized carbons (Fsp3) is 0.0500. The van der Waals surface area contributed by atoms with Gasteiger partial charge in [0.15, 0.2) is 0 Å². The molecule has 4 nitrogen and oxygen atoms in total. The number of halogens is 1. The number of fused-ring (bicyclic) bond motifs is 1. The molecule has 0 aliphatic carbocycles. The number of amides is 1. The quantitative estimate of drug-likeness (QED) is 0.700. The molecule has 1 unspecified atom stereocenters. The molecule has 3 aromatic carbocycles. The SMILES string of the molecule is O=C1NC(c2cccc(Oc3ccc(Cl)cc3)c2)Nc2ccccc21. The first kappa shape index (κ1) is 15.5. The minimum atomic E-state index is -0.309. The zero-order chi connectivity index (χ0) is 17.2. The monoisotopic (exact) mass is 350 g/mol. The van der Waals surface area contributed by atoms with E-state index < -0.39 is 0 Å². The van der Waals surface area contributed by atoms with Gasteiger partial charge in [-0.2, -0.15) is 0 Å². The summed E-state index contributed by atoms with van der Waals surface area (Å²) in [6, 6.07) is 22.2. The van der Waals surface area contributed by atoms with Crippen molar-refractivity contribution in [3.63, 3.8) is 0 Å². The smallest absolute Gasteiger partial charge is 0.255 e. The van der Waals surface area contributed by atoms with Crippen molar-refractivity contribution in [2.45, 2.75) is 6.17 Å². The maximum atomic E-state index is 12.3. The topological polar surface area (TPSA) is 50.4 Å². The summed E-state index contributed by atoms with van der Waals surface area (Å²) in [4.78, 5) is 12.3. The number of hydrogen-bond donors (Lipinski definition) is 2. The van der Waals surface area contributed by atoms with E-state index in [1.807, 2.05) is 54.6 Å². The molecule has 5 heteroatoms. The van der Waals surface area contributed by atoms with Gasteiger partial charge in [0.1, 0.15) is 17.7 Å². The number of rotatable bonds is 3. The van der Waals surface area contributed by atoms with E-state index >= 15 is 0 Å². The molecule has 3 aromatic rings. The minimum absolute atomic E-state index is 0.0941. The lowest BCUT2D eigenvalue weighted by atomic mass is 10.1. The summed E-state index contributed by atoms with van der Waals surface area (Å²) in [6.45, 7) is 0. The molecule has 0 spiro atoms. The number of carbonyl (C=O) groups is 1. The van der Waals surface area contributed by atoms with Gasteiger partial charge in [0, 0.05) is 10.7 Å². The van der Waals surface area contributed by atoms with Gasteiger partial charge >= 0.3 is 0 Å². The maximum Gasteiger partial charge on any atom is 0.255 e. The standard InChI is InChI=1S/C20H15ClN2O2/c21-14-8-10-15(11-9-14)25-16-5-3-4-13(12-16)19-22-18-7-2-1-6-17(18)20(24)23-19/h1-12,19,22H,(H,23,24). The summed E-state index contributed by atoms with van der Waals surface area (Å²) >= 11 is 5.89. The van der Waals surface area contributed by atoms with Crippen LogP contribution in [0.4, 0.5) is 5.69 Å². The van der Waals surface area contributed by atoms with Crippen LogP contribution in [0.1, 0.15) is 22.1 Å². The molecule has 0 bridgehead atoms. The van der Waals surface area contributed by atoms with Gasteiger partial charge in [0.05, 0.1) is 5.56 Å². The lowest BCUT2D eigenvalue weighted by molar-refractivity contribution is 0.0935. The van der Waals surface area contributed by atoms with Crippen molar-refractivity contribution in [2.75, 3.05) is 5.32 Å². The molecule has 0 fully saturated rings. The molecule has 4 rings (SSSR count). The highest BCUT2D eigenvalue weighted by Gasteiger charge is 2.24. The third-order valence-corrected chi connectivity index (χ3v) is 4.24. The van der Waals surface area contributed by atoms with Crippen LogP contribution >= 0.6 is 11.6 Å². The molecule has 2 N–H and O–H groups in total. The van der Waals surface area contributed by atoms with E-state index in [9.17, 15) is 4.79 Å². The summed E-state index contributed by atoms with van der Waals surface area (Å²) in [6.07, 6.45) is -0.309. The molecule has 1 amide bonds. The molecule has 0 radical (unpaired) electrons. The van der Waals surface area contributed by atoms with Crippen LogP contribution in [0.5, 0.6) is 11.5 Å². The van der Waals surface area contributed by atoms with Crippen LogP contribution in [-0.2, 0) is 0 Å². The fourth-order valence-corrected chi connectivity index (χ4v) is 2.90. The predicted molar refractivity (Wildman–Crippen MR) is 98.2 cm³/mol. The molecule has 0 saturated heterocycles. The van der Waals surface area contributed by atoms with Crippen LogP contribution in [0.2, 0.25) is 5.02 Å². The van der Waals surface area contributed by atoms with Crippen LogP contribution in [0, 0.1) is 0 Å². The Morgan fingerprint density at radius 2 is 1.64 bits per heavy atom. The molecule has 0 saturated carbocycles. The Bertz CT molecular complexity index is 925. The highest BCUT2D eigenvalue weighted by Crippen LogP contribution is 2.29. The van der Waals surface area contributed by atoms with Crippen molar-refractivity contribution in [1.82, 2.24) is 5.32 Å². The van der Waals surface area contributed by atoms with E-state index in [0.717, 1.165) is 11.3 Å². The molecule has 1 heterocycles. The second-order valence-corrected chi connectivity index (χ2v) is 6.16. The lowest BCUT2D eigenvalue weighted by Gasteiger charge is -2.28. The number of nitrogens with one attached hydrogen (secondary N) is 2. The first-order chi connectivity index (χ1) is 12.2. The van der Waals surface area contributed by atoms with E-state index in [-0.39, 0.29) is 12.1 Å². The minimum Gasteiger partial charge on any atom is -0.457 e. The van der Waals surface area contributed by atoms with Gasteiger partial charge in [-0.3, -0.25) is 4.79 Å². The van der Waals surface area contributed by atoms with E-state index in [2.05, 4.69) is 10.6 Å². The van der Waals surface area contributed by atoms with Crippen LogP contribution in [0.3, 0.4) is 0 Å². The molecule has 25 heavy (non-hydrogen) atoms. The van der Waals surface area contributed by atoms with Crippen molar-refractivity contribution >= 4 is 23.2 Å². The van der Waals surface area contributed by atoms with Crippen LogP contribution < -0.4 is 15.4 Å². The summed E-state index contributed by atoms with van der Waals surface area (Å²) in [5.74, 6) is 1.30. The molecule has 1 aliphatic rings. The summed E-state index contributed by atoms with van der Waals surface area (Å²) in [5.41, 5.74) is 2.38. The zero-order valence-corrected chi connectivity index (χ0v) is 14.0. The van der Waals surface area contributed by atoms with E-state index in [0.29, 0.717) is 22.1 Å². The van der Waals surface area contributed by atoms with E-state index in [1.54, 1.807) is 18.2 Å². The number of para-hydroxylation sites is 1. The Morgan fingerprint density at radius 3 is 2.48 bits per heavy atom. The van der Waals surface area contributed by atoms with Gasteiger partial charge in [0.2, 0.25) is 0 Å². The van der Waals surface area contributed by atoms with Crippen LogP contribution in [-0.4, -0.2) is 5.91 Å². The zero-order valence-electron chi connectivity index (χ0n) is 13.2. The molecule has 124 valence electrons. The van der Waals surface area contributed by atoms with E-state index in [1.165, 1.54) is 0 Å². The second-order valence-electron chi connectivity index (χ2n) is 5.72. The van der Waals surface area contributed by atoms with Gasteiger partial charge in [-0.1, -0.05) is 35.9 Å². The van der Waals surface area contributed by atoms with Gasteiger partial charge < -0.3 is 15.4 Å². The predicted octanol–water partition coefficient (Wildman–Crippen LogP) is 4.99. The molecular weight excluding hydrogens is 336 g/mol. The molecule has 1 atom stereocenters. The van der Waals surface area contributed by atoms with Crippen LogP contribution in [0.25, 0.3) is 0 Å². The van der Waals surface area contributed by atoms with Crippen molar-refractivity contribution in [2.24, 2.45) is 0 Å². The van der Waals surface area contributed by atoms with Crippen molar-refractivity contribution in [1.29, 1.82) is 0 Å². The Kier molecular flexibility index (Phi) is 4.04. The van der Waals surface area contributed by atoms with Gasteiger partial charge in [-0.15, -0.1) is 0 Å². The second kappa shape index (κ2) is 6.49. The highest BCUT2D eigenvalue weighted by atomic mass is 35.5. The Morgan fingerprint density at radius 1 is 0.840 bits per heavy atom.